The lowest BCUT2D eigenvalue weighted by atomic mass is 10.0. The van der Waals surface area contributed by atoms with Crippen molar-refractivity contribution in [1.82, 2.24) is 10.6 Å². The summed E-state index contributed by atoms with van der Waals surface area (Å²) < 4.78 is 0. The number of hydrogen-bond acceptors (Lipinski definition) is 3. The molecule has 0 radical (unpaired) electrons. The molecule has 2 atom stereocenters. The van der Waals surface area contributed by atoms with Gasteiger partial charge in [0.25, 0.3) is 0 Å². The normalized spacial score (nSPS) is 13.6. The first-order valence-electron chi connectivity index (χ1n) is 6.77. The van der Waals surface area contributed by atoms with Gasteiger partial charge in [-0.25, -0.2) is 4.79 Å². The number of carbonyl (C=O) groups excluding carboxylic acids is 1. The van der Waals surface area contributed by atoms with Gasteiger partial charge < -0.3 is 15.7 Å². The van der Waals surface area contributed by atoms with Crippen molar-refractivity contribution in [2.45, 2.75) is 39.7 Å². The molecule has 0 saturated heterocycles. The van der Waals surface area contributed by atoms with Gasteiger partial charge in [0.1, 0.15) is 0 Å². The Morgan fingerprint density at radius 2 is 2.10 bits per heavy atom. The molecule has 3 N–H and O–H groups in total. The molecule has 2 amide bonds. The number of aryl methyl sites for hydroxylation is 1. The molecule has 1 heterocycles. The molecule has 0 aliphatic heterocycles. The molecule has 0 fully saturated rings. The van der Waals surface area contributed by atoms with E-state index in [-0.39, 0.29) is 18.6 Å². The van der Waals surface area contributed by atoms with Gasteiger partial charge in [-0.1, -0.05) is 13.3 Å². The second-order valence-corrected chi connectivity index (χ2v) is 6.17. The molecule has 0 aliphatic rings. The summed E-state index contributed by atoms with van der Waals surface area (Å²) in [6.07, 6.45) is 1.35. The maximum atomic E-state index is 11.8. The van der Waals surface area contributed by atoms with E-state index in [4.69, 9.17) is 5.11 Å². The summed E-state index contributed by atoms with van der Waals surface area (Å²) in [6.45, 7) is 6.01. The Bertz CT molecular complexity index is 459. The van der Waals surface area contributed by atoms with E-state index in [0.717, 1.165) is 11.3 Å². The summed E-state index contributed by atoms with van der Waals surface area (Å²) in [7, 11) is 0. The van der Waals surface area contributed by atoms with Gasteiger partial charge in [0, 0.05) is 16.3 Å². The van der Waals surface area contributed by atoms with E-state index in [1.54, 1.807) is 11.3 Å². The monoisotopic (exact) mass is 298 g/mol. The highest BCUT2D eigenvalue weighted by atomic mass is 32.1. The summed E-state index contributed by atoms with van der Waals surface area (Å²) in [5.74, 6) is -1.39. The number of rotatable bonds is 7. The number of carbonyl (C=O) groups is 2. The number of aliphatic carboxylic acids is 1. The van der Waals surface area contributed by atoms with Crippen molar-refractivity contribution in [2.75, 3.05) is 6.54 Å². The van der Waals surface area contributed by atoms with Gasteiger partial charge in [-0.05, 0) is 32.4 Å². The Labute approximate surface area is 123 Å². The number of nitrogens with one attached hydrogen (secondary N) is 2. The average molecular weight is 298 g/mol. The molecule has 1 rings (SSSR count). The Morgan fingerprint density at radius 1 is 1.40 bits per heavy atom. The number of carboxylic acid groups (broad SMARTS) is 1. The quantitative estimate of drug-likeness (QED) is 0.724. The average Bonchev–Trinajstić information content (AvgIpc) is 2.80. The lowest BCUT2D eigenvalue weighted by Gasteiger charge is -2.16. The van der Waals surface area contributed by atoms with Crippen LogP contribution in [-0.2, 0) is 4.79 Å². The van der Waals surface area contributed by atoms with Crippen LogP contribution in [0.25, 0.3) is 0 Å². The third kappa shape index (κ3) is 5.21. The fourth-order valence-corrected chi connectivity index (χ4v) is 2.76. The van der Waals surface area contributed by atoms with E-state index in [9.17, 15) is 9.59 Å². The van der Waals surface area contributed by atoms with Crippen molar-refractivity contribution in [3.8, 4) is 0 Å². The smallest absolute Gasteiger partial charge is 0.315 e. The first kappa shape index (κ1) is 16.5. The number of urea groups is 1. The van der Waals surface area contributed by atoms with Gasteiger partial charge in [-0.3, -0.25) is 4.79 Å². The molecule has 1 aromatic heterocycles. The predicted octanol–water partition coefficient (Wildman–Crippen LogP) is 2.92. The third-order valence-corrected chi connectivity index (χ3v) is 4.21. The minimum absolute atomic E-state index is 0.0804. The molecular weight excluding hydrogens is 276 g/mol. The number of thiophene rings is 1. The van der Waals surface area contributed by atoms with Crippen LogP contribution < -0.4 is 10.6 Å². The third-order valence-electron chi connectivity index (χ3n) is 3.03. The summed E-state index contributed by atoms with van der Waals surface area (Å²) in [4.78, 5) is 25.0. The Balaban J connectivity index is 2.41. The van der Waals surface area contributed by atoms with Gasteiger partial charge >= 0.3 is 12.0 Å². The number of hydrogen-bond donors (Lipinski definition) is 3. The molecule has 20 heavy (non-hydrogen) atoms. The fraction of sp³-hybridized carbons (Fsp3) is 0.571. The Kier molecular flexibility index (Phi) is 6.51. The predicted molar refractivity (Wildman–Crippen MR) is 80.0 cm³/mol. The maximum Gasteiger partial charge on any atom is 0.315 e. The molecule has 0 aliphatic carbocycles. The van der Waals surface area contributed by atoms with Gasteiger partial charge in [0.2, 0.25) is 0 Å². The van der Waals surface area contributed by atoms with Crippen LogP contribution in [-0.4, -0.2) is 23.7 Å². The summed E-state index contributed by atoms with van der Waals surface area (Å²) in [6, 6.07) is 3.59. The maximum absolute atomic E-state index is 11.8. The van der Waals surface area contributed by atoms with Gasteiger partial charge in [0.05, 0.1) is 12.0 Å². The minimum Gasteiger partial charge on any atom is -0.481 e. The van der Waals surface area contributed by atoms with Crippen LogP contribution in [0.3, 0.4) is 0 Å². The van der Waals surface area contributed by atoms with E-state index in [0.29, 0.717) is 6.42 Å². The van der Waals surface area contributed by atoms with Crippen LogP contribution >= 0.6 is 11.3 Å². The van der Waals surface area contributed by atoms with Crippen LogP contribution in [0.15, 0.2) is 12.1 Å². The second kappa shape index (κ2) is 7.89. The molecule has 112 valence electrons. The molecule has 1 aromatic rings. The zero-order chi connectivity index (χ0) is 15.1. The highest BCUT2D eigenvalue weighted by Gasteiger charge is 2.18. The largest absolute Gasteiger partial charge is 0.481 e. The van der Waals surface area contributed by atoms with Crippen molar-refractivity contribution in [3.05, 3.63) is 21.9 Å². The van der Waals surface area contributed by atoms with Crippen molar-refractivity contribution >= 4 is 23.3 Å². The van der Waals surface area contributed by atoms with Gasteiger partial charge in [0.15, 0.2) is 0 Å². The molecular formula is C14H22N2O3S. The molecule has 0 saturated carbocycles. The van der Waals surface area contributed by atoms with Crippen LogP contribution in [0.1, 0.15) is 42.5 Å². The molecule has 0 aromatic carbocycles. The van der Waals surface area contributed by atoms with Crippen molar-refractivity contribution in [1.29, 1.82) is 0 Å². The SMILES string of the molecule is CCCC(CNC(=O)NC(C)c1ccc(C)s1)C(=O)O. The van der Waals surface area contributed by atoms with Crippen molar-refractivity contribution in [2.24, 2.45) is 5.92 Å². The fourth-order valence-electron chi connectivity index (χ4n) is 1.88. The summed E-state index contributed by atoms with van der Waals surface area (Å²) in [5.41, 5.74) is 0. The topological polar surface area (TPSA) is 78.4 Å². The van der Waals surface area contributed by atoms with E-state index in [1.807, 2.05) is 32.9 Å². The van der Waals surface area contributed by atoms with E-state index in [2.05, 4.69) is 10.6 Å². The van der Waals surface area contributed by atoms with Gasteiger partial charge in [-0.2, -0.15) is 0 Å². The zero-order valence-electron chi connectivity index (χ0n) is 12.1. The molecule has 0 spiro atoms. The number of carboxylic acids is 1. The molecule has 6 heteroatoms. The first-order valence-corrected chi connectivity index (χ1v) is 7.59. The lowest BCUT2D eigenvalue weighted by Crippen LogP contribution is -2.40. The van der Waals surface area contributed by atoms with Crippen LogP contribution in [0.2, 0.25) is 0 Å². The Morgan fingerprint density at radius 3 is 2.60 bits per heavy atom. The molecule has 0 bridgehead atoms. The summed E-state index contributed by atoms with van der Waals surface area (Å²) in [5, 5.41) is 14.5. The number of amides is 2. The van der Waals surface area contributed by atoms with Gasteiger partial charge in [-0.15, -0.1) is 11.3 Å². The highest BCUT2D eigenvalue weighted by Crippen LogP contribution is 2.22. The van der Waals surface area contributed by atoms with E-state index >= 15 is 0 Å². The van der Waals surface area contributed by atoms with E-state index < -0.39 is 11.9 Å². The first-order chi connectivity index (χ1) is 9.43. The molecule has 5 nitrogen and oxygen atoms in total. The highest BCUT2D eigenvalue weighted by molar-refractivity contribution is 7.12. The Hall–Kier alpha value is -1.56. The summed E-state index contributed by atoms with van der Waals surface area (Å²) >= 11 is 1.64. The van der Waals surface area contributed by atoms with Crippen molar-refractivity contribution < 1.29 is 14.7 Å². The minimum atomic E-state index is -0.867. The van der Waals surface area contributed by atoms with E-state index in [1.165, 1.54) is 4.88 Å². The standard InChI is InChI=1S/C14H22N2O3S/c1-4-5-11(13(17)18)8-15-14(19)16-10(3)12-7-6-9(2)20-12/h6-7,10-11H,4-5,8H2,1-3H3,(H,17,18)(H2,15,16,19). The zero-order valence-corrected chi connectivity index (χ0v) is 12.9. The molecule has 2 unspecified atom stereocenters. The van der Waals surface area contributed by atoms with Crippen molar-refractivity contribution in [3.63, 3.8) is 0 Å². The van der Waals surface area contributed by atoms with Crippen LogP contribution in [0.5, 0.6) is 0 Å². The lowest BCUT2D eigenvalue weighted by molar-refractivity contribution is -0.141. The second-order valence-electron chi connectivity index (χ2n) is 4.85. The van der Waals surface area contributed by atoms with Crippen LogP contribution in [0.4, 0.5) is 4.79 Å². The van der Waals surface area contributed by atoms with Crippen LogP contribution in [0, 0.1) is 12.8 Å².